The number of carbonyl (C=O) groups excluding carboxylic acids is 3. The Morgan fingerprint density at radius 1 is 1.10 bits per heavy atom. The monoisotopic (exact) mass is 549 g/mol. The fraction of sp³-hybridized carbons (Fsp3) is 0.406. The van der Waals surface area contributed by atoms with E-state index in [0.717, 1.165) is 19.3 Å². The number of rotatable bonds is 9. The number of amides is 1. The molecule has 3 rings (SSSR count). The van der Waals surface area contributed by atoms with E-state index in [-0.39, 0.29) is 30.1 Å². The summed E-state index contributed by atoms with van der Waals surface area (Å²) in [4.78, 5) is 38.1. The number of hydrogen-bond donors (Lipinski definition) is 2. The third kappa shape index (κ3) is 9.59. The minimum atomic E-state index is -0.696. The highest BCUT2D eigenvalue weighted by Gasteiger charge is 2.29. The molecule has 0 saturated carbocycles. The number of ether oxygens (including phenoxy) is 3. The van der Waals surface area contributed by atoms with Crippen molar-refractivity contribution in [3.63, 3.8) is 0 Å². The lowest BCUT2D eigenvalue weighted by Crippen LogP contribution is -2.32. The van der Waals surface area contributed by atoms with Crippen LogP contribution in [0.15, 0.2) is 73.0 Å². The molecular weight excluding hydrogens is 510 g/mol. The first-order valence-electron chi connectivity index (χ1n) is 13.9. The Balaban J connectivity index is 1.78. The molecule has 1 aliphatic rings. The number of alkyl carbamates (subject to hydrolysis) is 1. The van der Waals surface area contributed by atoms with E-state index in [9.17, 15) is 19.5 Å². The second-order valence-electron chi connectivity index (χ2n) is 9.90. The normalized spacial score (nSPS) is 20.4. The number of fused-ring (bicyclic) bond motifs is 1. The van der Waals surface area contributed by atoms with Crippen LogP contribution in [-0.2, 0) is 20.6 Å². The number of benzene rings is 2. The van der Waals surface area contributed by atoms with E-state index in [1.807, 2.05) is 25.1 Å². The summed E-state index contributed by atoms with van der Waals surface area (Å²) in [5.41, 5.74) is 1.20. The van der Waals surface area contributed by atoms with E-state index in [2.05, 4.69) is 12.2 Å². The largest absolute Gasteiger partial charge is 0.507 e. The zero-order chi connectivity index (χ0) is 28.7. The lowest BCUT2D eigenvalue weighted by atomic mass is 9.93. The number of phenolic OH excluding ortho intramolecular Hbond substituents is 1. The van der Waals surface area contributed by atoms with Gasteiger partial charge in [-0.05, 0) is 48.9 Å². The Kier molecular flexibility index (Phi) is 12.3. The number of nitrogens with one attached hydrogen (secondary N) is 1. The van der Waals surface area contributed by atoms with Gasteiger partial charge in [0, 0.05) is 19.0 Å². The Hall–Kier alpha value is -4.07. The smallest absolute Gasteiger partial charge is 0.411 e. The first-order valence-corrected chi connectivity index (χ1v) is 13.9. The van der Waals surface area contributed by atoms with Crippen LogP contribution >= 0.6 is 0 Å². The van der Waals surface area contributed by atoms with Gasteiger partial charge in [-0.25, -0.2) is 14.4 Å². The number of esters is 2. The maximum atomic E-state index is 13.3. The van der Waals surface area contributed by atoms with Gasteiger partial charge in [0.15, 0.2) is 0 Å². The van der Waals surface area contributed by atoms with Crippen molar-refractivity contribution in [2.75, 3.05) is 6.61 Å². The molecule has 3 atom stereocenters. The van der Waals surface area contributed by atoms with Crippen molar-refractivity contribution in [2.24, 2.45) is 5.92 Å². The van der Waals surface area contributed by atoms with Crippen molar-refractivity contribution >= 4 is 18.0 Å². The lowest BCUT2D eigenvalue weighted by Gasteiger charge is -2.28. The molecule has 0 bridgehead atoms. The van der Waals surface area contributed by atoms with E-state index in [4.69, 9.17) is 14.2 Å². The first kappa shape index (κ1) is 30.5. The van der Waals surface area contributed by atoms with Crippen molar-refractivity contribution in [1.82, 2.24) is 5.32 Å². The van der Waals surface area contributed by atoms with Crippen LogP contribution in [0.5, 0.6) is 5.75 Å². The molecule has 0 aromatic heterocycles. The number of phenols is 1. The third-order valence-electron chi connectivity index (χ3n) is 6.72. The first-order chi connectivity index (χ1) is 19.4. The van der Waals surface area contributed by atoms with Gasteiger partial charge in [0.2, 0.25) is 0 Å². The average Bonchev–Trinajstić information content (AvgIpc) is 2.95. The van der Waals surface area contributed by atoms with Crippen LogP contribution in [0, 0.1) is 5.92 Å². The number of hydrogen-bond acceptors (Lipinski definition) is 7. The molecule has 0 saturated heterocycles. The van der Waals surface area contributed by atoms with E-state index in [1.165, 1.54) is 12.3 Å². The standard InChI is InChI=1S/C32H39NO7/c1-3-4-10-21-38-32(37)33-20-12-18-26-22-28(40-30(35)25-15-6-5-7-16-25)23(2)13-8-9-14-24-17-11-19-27(34)29(24)31(36)39-26/h5-9,11-12,15-17,19-20,23,26,28,34H,3-4,10,13-14,18,21-22H2,1-2H3,(H,33,37)/b9-8+,20-12+/t23-,26-,28+/m0/s1. The van der Waals surface area contributed by atoms with Gasteiger partial charge in [-0.2, -0.15) is 0 Å². The SMILES string of the molecule is CCCCCOC(=O)N/C=C/C[C@H]1C[C@@H](OC(=O)c2ccccc2)[C@@H](C)C/C=C/Cc2cccc(O)c2C(=O)O1. The van der Waals surface area contributed by atoms with Gasteiger partial charge in [0.25, 0.3) is 0 Å². The van der Waals surface area contributed by atoms with Crippen LogP contribution in [0.4, 0.5) is 4.79 Å². The molecule has 8 nitrogen and oxygen atoms in total. The molecule has 1 amide bonds. The van der Waals surface area contributed by atoms with Crippen LogP contribution in [-0.4, -0.2) is 42.0 Å². The summed E-state index contributed by atoms with van der Waals surface area (Å²) in [6.45, 7) is 4.41. The number of unbranched alkanes of at least 4 members (excludes halogenated alkanes) is 2. The van der Waals surface area contributed by atoms with Gasteiger partial charge in [0.05, 0.1) is 12.2 Å². The summed E-state index contributed by atoms with van der Waals surface area (Å²) in [7, 11) is 0. The second-order valence-corrected chi connectivity index (χ2v) is 9.90. The number of aromatic hydroxyl groups is 1. The Bertz CT molecular complexity index is 1180. The fourth-order valence-corrected chi connectivity index (χ4v) is 4.41. The predicted octanol–water partition coefficient (Wildman–Crippen LogP) is 6.49. The molecule has 2 aromatic carbocycles. The molecule has 40 heavy (non-hydrogen) atoms. The molecule has 2 aromatic rings. The Morgan fingerprint density at radius 2 is 1.90 bits per heavy atom. The minimum Gasteiger partial charge on any atom is -0.507 e. The molecule has 0 fully saturated rings. The minimum absolute atomic E-state index is 0.0617. The topological polar surface area (TPSA) is 111 Å². The molecule has 8 heteroatoms. The summed E-state index contributed by atoms with van der Waals surface area (Å²) in [6.07, 6.45) is 9.63. The van der Waals surface area contributed by atoms with Gasteiger partial charge in [-0.15, -0.1) is 0 Å². The summed E-state index contributed by atoms with van der Waals surface area (Å²) in [5, 5.41) is 13.0. The van der Waals surface area contributed by atoms with Crippen molar-refractivity contribution in [3.8, 4) is 5.75 Å². The molecule has 0 unspecified atom stereocenters. The Morgan fingerprint density at radius 3 is 2.67 bits per heavy atom. The van der Waals surface area contributed by atoms with Crippen LogP contribution in [0.1, 0.15) is 78.7 Å². The average molecular weight is 550 g/mol. The van der Waals surface area contributed by atoms with Crippen LogP contribution in [0.2, 0.25) is 0 Å². The molecule has 214 valence electrons. The van der Waals surface area contributed by atoms with E-state index >= 15 is 0 Å². The molecule has 0 radical (unpaired) electrons. The number of allylic oxidation sites excluding steroid dienone is 2. The predicted molar refractivity (Wildman–Crippen MR) is 152 cm³/mol. The maximum absolute atomic E-state index is 13.3. The molecule has 0 spiro atoms. The molecule has 0 aliphatic carbocycles. The van der Waals surface area contributed by atoms with Crippen molar-refractivity contribution < 1.29 is 33.7 Å². The van der Waals surface area contributed by atoms with E-state index < -0.39 is 30.2 Å². The van der Waals surface area contributed by atoms with Crippen molar-refractivity contribution in [3.05, 3.63) is 89.6 Å². The Labute approximate surface area is 236 Å². The van der Waals surface area contributed by atoms with E-state index in [1.54, 1.807) is 42.5 Å². The summed E-state index contributed by atoms with van der Waals surface area (Å²) in [6, 6.07) is 13.7. The molecular formula is C32H39NO7. The summed E-state index contributed by atoms with van der Waals surface area (Å²) < 4.78 is 17.0. The van der Waals surface area contributed by atoms with Crippen molar-refractivity contribution in [2.45, 2.75) is 71.0 Å². The summed E-state index contributed by atoms with van der Waals surface area (Å²) >= 11 is 0. The van der Waals surface area contributed by atoms with Gasteiger partial charge in [0.1, 0.15) is 23.5 Å². The lowest BCUT2D eigenvalue weighted by molar-refractivity contribution is -0.0129. The quantitative estimate of drug-likeness (QED) is 0.159. The number of cyclic esters (lactones) is 1. The zero-order valence-electron chi connectivity index (χ0n) is 23.2. The van der Waals surface area contributed by atoms with Crippen LogP contribution in [0.25, 0.3) is 0 Å². The van der Waals surface area contributed by atoms with Gasteiger partial charge in [-0.1, -0.05) is 75.2 Å². The highest BCUT2D eigenvalue weighted by atomic mass is 16.6. The summed E-state index contributed by atoms with van der Waals surface area (Å²) in [5.74, 6) is -1.34. The molecule has 1 aliphatic heterocycles. The van der Waals surface area contributed by atoms with Crippen LogP contribution in [0.3, 0.4) is 0 Å². The van der Waals surface area contributed by atoms with Crippen molar-refractivity contribution in [1.29, 1.82) is 0 Å². The van der Waals surface area contributed by atoms with Gasteiger partial charge < -0.3 is 19.3 Å². The van der Waals surface area contributed by atoms with Crippen LogP contribution < -0.4 is 5.32 Å². The number of carbonyl (C=O) groups is 3. The molecule has 1 heterocycles. The van der Waals surface area contributed by atoms with E-state index in [0.29, 0.717) is 30.6 Å². The van der Waals surface area contributed by atoms with Gasteiger partial charge >= 0.3 is 18.0 Å². The zero-order valence-corrected chi connectivity index (χ0v) is 23.2. The second kappa shape index (κ2) is 16.1. The third-order valence-corrected chi connectivity index (χ3v) is 6.72. The highest BCUT2D eigenvalue weighted by molar-refractivity contribution is 5.94. The fourth-order valence-electron chi connectivity index (χ4n) is 4.41. The van der Waals surface area contributed by atoms with Gasteiger partial charge in [-0.3, -0.25) is 5.32 Å². The maximum Gasteiger partial charge on any atom is 0.411 e. The highest BCUT2D eigenvalue weighted by Crippen LogP contribution is 2.28. The molecule has 2 N–H and O–H groups in total.